The molecule has 1 amide bonds. The molecular formula is C13H12ClNO3S2. The number of carbonyl (C=O) groups excluding carboxylic acids is 2. The number of carbonyl (C=O) groups is 2. The first-order valence-corrected chi connectivity index (χ1v) is 8.15. The SMILES string of the molecule is CCOC(=O)c1c(-c2cccs2)csc1NC(=O)CCl. The summed E-state index contributed by atoms with van der Waals surface area (Å²) >= 11 is 8.29. The van der Waals surface area contributed by atoms with Crippen LogP contribution in [-0.4, -0.2) is 24.4 Å². The van der Waals surface area contributed by atoms with E-state index in [-0.39, 0.29) is 18.4 Å². The third kappa shape index (κ3) is 3.20. The fourth-order valence-electron chi connectivity index (χ4n) is 1.63. The maximum absolute atomic E-state index is 12.1. The third-order valence-corrected chi connectivity index (χ3v) is 4.47. The molecule has 0 atom stereocenters. The minimum Gasteiger partial charge on any atom is -0.462 e. The van der Waals surface area contributed by atoms with Gasteiger partial charge in [-0.05, 0) is 18.4 Å². The lowest BCUT2D eigenvalue weighted by Gasteiger charge is -2.06. The van der Waals surface area contributed by atoms with Gasteiger partial charge in [0.05, 0.1) is 6.61 Å². The summed E-state index contributed by atoms with van der Waals surface area (Å²) in [5.74, 6) is -0.951. The van der Waals surface area contributed by atoms with E-state index >= 15 is 0 Å². The molecule has 2 rings (SSSR count). The van der Waals surface area contributed by atoms with Crippen molar-refractivity contribution in [1.82, 2.24) is 0 Å². The second-order valence-electron chi connectivity index (χ2n) is 3.73. The van der Waals surface area contributed by atoms with Crippen molar-refractivity contribution in [3.8, 4) is 10.4 Å². The van der Waals surface area contributed by atoms with E-state index in [1.165, 1.54) is 22.7 Å². The average Bonchev–Trinajstić information content (AvgIpc) is 3.07. The van der Waals surface area contributed by atoms with Gasteiger partial charge in [-0.2, -0.15) is 0 Å². The number of amides is 1. The third-order valence-electron chi connectivity index (χ3n) is 2.43. The van der Waals surface area contributed by atoms with Crippen molar-refractivity contribution < 1.29 is 14.3 Å². The van der Waals surface area contributed by atoms with Gasteiger partial charge >= 0.3 is 5.97 Å². The summed E-state index contributed by atoms with van der Waals surface area (Å²) in [7, 11) is 0. The van der Waals surface area contributed by atoms with E-state index in [2.05, 4.69) is 5.32 Å². The Balaban J connectivity index is 2.42. The van der Waals surface area contributed by atoms with Crippen LogP contribution in [0.4, 0.5) is 5.00 Å². The molecule has 0 aliphatic rings. The van der Waals surface area contributed by atoms with E-state index in [0.717, 1.165) is 10.4 Å². The van der Waals surface area contributed by atoms with Crippen molar-refractivity contribution in [3.05, 3.63) is 28.5 Å². The molecule has 0 unspecified atom stereocenters. The molecule has 0 saturated carbocycles. The lowest BCUT2D eigenvalue weighted by Crippen LogP contribution is -2.15. The Kier molecular flexibility index (Phi) is 5.17. The zero-order chi connectivity index (χ0) is 14.5. The van der Waals surface area contributed by atoms with E-state index in [4.69, 9.17) is 16.3 Å². The Morgan fingerprint density at radius 2 is 2.20 bits per heavy atom. The molecule has 0 saturated heterocycles. The standard InChI is InChI=1S/C13H12ClNO3S2/c1-2-18-13(17)11-8(9-4-3-5-19-9)7-20-12(11)15-10(16)6-14/h3-5,7H,2,6H2,1H3,(H,15,16). The molecule has 0 aromatic carbocycles. The van der Waals surface area contributed by atoms with Crippen LogP contribution in [0.15, 0.2) is 22.9 Å². The first-order valence-electron chi connectivity index (χ1n) is 5.85. The highest BCUT2D eigenvalue weighted by molar-refractivity contribution is 7.17. The van der Waals surface area contributed by atoms with E-state index in [9.17, 15) is 9.59 Å². The van der Waals surface area contributed by atoms with Gasteiger partial charge in [0.25, 0.3) is 0 Å². The predicted molar refractivity (Wildman–Crippen MR) is 82.9 cm³/mol. The normalized spacial score (nSPS) is 10.3. The summed E-state index contributed by atoms with van der Waals surface area (Å²) in [5.41, 5.74) is 1.16. The molecule has 2 aromatic heterocycles. The molecule has 0 radical (unpaired) electrons. The van der Waals surface area contributed by atoms with Crippen molar-refractivity contribution in [2.75, 3.05) is 17.8 Å². The summed E-state index contributed by atoms with van der Waals surface area (Å²) in [6, 6.07) is 3.83. The summed E-state index contributed by atoms with van der Waals surface area (Å²) in [6.45, 7) is 2.02. The fourth-order valence-corrected chi connectivity index (χ4v) is 3.48. The first-order chi connectivity index (χ1) is 9.67. The molecular weight excluding hydrogens is 318 g/mol. The Morgan fingerprint density at radius 3 is 2.80 bits per heavy atom. The molecule has 2 aromatic rings. The number of halogens is 1. The van der Waals surface area contributed by atoms with Crippen LogP contribution in [0.3, 0.4) is 0 Å². The van der Waals surface area contributed by atoms with Crippen LogP contribution in [0.25, 0.3) is 10.4 Å². The number of thiophene rings is 2. The van der Waals surface area contributed by atoms with Crippen molar-refractivity contribution in [1.29, 1.82) is 0 Å². The smallest absolute Gasteiger partial charge is 0.341 e. The highest BCUT2D eigenvalue weighted by Gasteiger charge is 2.22. The monoisotopic (exact) mass is 329 g/mol. The summed E-state index contributed by atoms with van der Waals surface area (Å²) < 4.78 is 5.07. The minimum atomic E-state index is -0.443. The molecule has 2 heterocycles. The maximum Gasteiger partial charge on any atom is 0.341 e. The van der Waals surface area contributed by atoms with Gasteiger partial charge in [0.15, 0.2) is 0 Å². The number of hydrogen-bond donors (Lipinski definition) is 1. The molecule has 106 valence electrons. The Labute approximate surface area is 129 Å². The van der Waals surface area contributed by atoms with Crippen LogP contribution < -0.4 is 5.32 Å². The quantitative estimate of drug-likeness (QED) is 0.670. The Morgan fingerprint density at radius 1 is 1.40 bits per heavy atom. The lowest BCUT2D eigenvalue weighted by atomic mass is 10.1. The molecule has 1 N–H and O–H groups in total. The van der Waals surface area contributed by atoms with Gasteiger partial charge in [0.2, 0.25) is 5.91 Å². The first kappa shape index (κ1) is 15.0. The van der Waals surface area contributed by atoms with Crippen LogP contribution in [0.5, 0.6) is 0 Å². The fraction of sp³-hybridized carbons (Fsp3) is 0.231. The number of ether oxygens (including phenoxy) is 1. The average molecular weight is 330 g/mol. The highest BCUT2D eigenvalue weighted by Crippen LogP contribution is 2.38. The molecule has 0 aliphatic carbocycles. The number of anilines is 1. The Hall–Kier alpha value is -1.37. The number of alkyl halides is 1. The van der Waals surface area contributed by atoms with Gasteiger partial charge in [-0.15, -0.1) is 34.3 Å². The van der Waals surface area contributed by atoms with Gasteiger partial charge in [-0.1, -0.05) is 6.07 Å². The molecule has 0 fully saturated rings. The minimum absolute atomic E-state index is 0.158. The van der Waals surface area contributed by atoms with Crippen molar-refractivity contribution >= 4 is 51.2 Å². The summed E-state index contributed by atoms with van der Waals surface area (Å²) in [6.07, 6.45) is 0. The van der Waals surface area contributed by atoms with Crippen LogP contribution in [0.1, 0.15) is 17.3 Å². The zero-order valence-corrected chi connectivity index (χ0v) is 13.0. The predicted octanol–water partition coefficient (Wildman–Crippen LogP) is 3.83. The number of rotatable bonds is 5. The van der Waals surface area contributed by atoms with Crippen LogP contribution in [-0.2, 0) is 9.53 Å². The largest absolute Gasteiger partial charge is 0.462 e. The zero-order valence-electron chi connectivity index (χ0n) is 10.6. The molecule has 0 bridgehead atoms. The van der Waals surface area contributed by atoms with Crippen molar-refractivity contribution in [2.45, 2.75) is 6.92 Å². The maximum atomic E-state index is 12.1. The Bertz CT molecular complexity index is 607. The van der Waals surface area contributed by atoms with E-state index in [1.807, 2.05) is 22.9 Å². The van der Waals surface area contributed by atoms with Crippen LogP contribution >= 0.6 is 34.3 Å². The van der Waals surface area contributed by atoms with Gasteiger partial charge < -0.3 is 10.1 Å². The number of nitrogens with one attached hydrogen (secondary N) is 1. The molecule has 4 nitrogen and oxygen atoms in total. The van der Waals surface area contributed by atoms with E-state index in [0.29, 0.717) is 10.6 Å². The van der Waals surface area contributed by atoms with Crippen molar-refractivity contribution in [3.63, 3.8) is 0 Å². The number of hydrogen-bond acceptors (Lipinski definition) is 5. The van der Waals surface area contributed by atoms with Gasteiger partial charge in [0, 0.05) is 15.8 Å². The molecule has 0 spiro atoms. The summed E-state index contributed by atoms with van der Waals surface area (Å²) in [4.78, 5) is 24.5. The molecule has 7 heteroatoms. The summed E-state index contributed by atoms with van der Waals surface area (Å²) in [5, 5.41) is 6.87. The lowest BCUT2D eigenvalue weighted by molar-refractivity contribution is -0.113. The van der Waals surface area contributed by atoms with Gasteiger partial charge in [-0.25, -0.2) is 4.79 Å². The van der Waals surface area contributed by atoms with E-state index < -0.39 is 5.97 Å². The second-order valence-corrected chi connectivity index (χ2v) is 5.83. The van der Waals surface area contributed by atoms with Crippen LogP contribution in [0, 0.1) is 0 Å². The second kappa shape index (κ2) is 6.88. The van der Waals surface area contributed by atoms with E-state index in [1.54, 1.807) is 6.92 Å². The van der Waals surface area contributed by atoms with Crippen molar-refractivity contribution in [2.24, 2.45) is 0 Å². The molecule has 20 heavy (non-hydrogen) atoms. The topological polar surface area (TPSA) is 55.4 Å². The highest BCUT2D eigenvalue weighted by atomic mass is 35.5. The number of esters is 1. The molecule has 0 aliphatic heterocycles. The van der Waals surface area contributed by atoms with Gasteiger partial charge in [-0.3, -0.25) is 4.79 Å². The van der Waals surface area contributed by atoms with Gasteiger partial charge in [0.1, 0.15) is 16.4 Å². The van der Waals surface area contributed by atoms with Crippen LogP contribution in [0.2, 0.25) is 0 Å².